The van der Waals surface area contributed by atoms with Gasteiger partial charge >= 0.3 is 0 Å². The number of ether oxygens (including phenoxy) is 1. The number of morpholine rings is 1. The van der Waals surface area contributed by atoms with Gasteiger partial charge in [0.05, 0.1) is 24.2 Å². The minimum Gasteiger partial charge on any atom is -0.379 e. The molecule has 0 amide bonds. The Balaban J connectivity index is 1.73. The van der Waals surface area contributed by atoms with Gasteiger partial charge in [-0.15, -0.1) is 11.3 Å². The molecule has 0 saturated carbocycles. The number of ketones is 1. The van der Waals surface area contributed by atoms with E-state index < -0.39 is 10.0 Å². The average molecular weight is 395 g/mol. The lowest BCUT2D eigenvalue weighted by molar-refractivity contribution is 0.0179. The third-order valence-electron chi connectivity index (χ3n) is 4.40. The lowest BCUT2D eigenvalue weighted by Gasteiger charge is -2.34. The van der Waals surface area contributed by atoms with Gasteiger partial charge in [0, 0.05) is 30.1 Å². The van der Waals surface area contributed by atoms with Crippen molar-refractivity contribution in [2.75, 3.05) is 32.8 Å². The highest BCUT2D eigenvalue weighted by atomic mass is 32.2. The van der Waals surface area contributed by atoms with Gasteiger partial charge in [0.25, 0.3) is 0 Å². The predicted octanol–water partition coefficient (Wildman–Crippen LogP) is 2.30. The van der Waals surface area contributed by atoms with E-state index in [4.69, 9.17) is 4.74 Å². The van der Waals surface area contributed by atoms with E-state index in [1.165, 1.54) is 31.2 Å². The first-order chi connectivity index (χ1) is 12.5. The molecule has 0 radical (unpaired) electrons. The number of Topliss-reactive ketones (excluding diaryl/α,β-unsaturated/α-hetero) is 1. The van der Waals surface area contributed by atoms with Crippen molar-refractivity contribution in [3.05, 3.63) is 52.2 Å². The predicted molar refractivity (Wildman–Crippen MR) is 101 cm³/mol. The van der Waals surface area contributed by atoms with E-state index in [1.807, 2.05) is 17.5 Å². The molecule has 3 rings (SSSR count). The van der Waals surface area contributed by atoms with Gasteiger partial charge in [-0.25, -0.2) is 13.1 Å². The Hall–Kier alpha value is -1.58. The van der Waals surface area contributed by atoms with Gasteiger partial charge in [-0.05, 0) is 30.5 Å². The first-order valence-electron chi connectivity index (χ1n) is 8.43. The van der Waals surface area contributed by atoms with Crippen LogP contribution in [0.15, 0.2) is 46.7 Å². The fraction of sp³-hybridized carbons (Fsp3) is 0.389. The minimum absolute atomic E-state index is 0.0230. The maximum Gasteiger partial charge on any atom is 0.240 e. The average Bonchev–Trinajstić information content (AvgIpc) is 3.17. The molecule has 1 N–H and O–H groups in total. The number of carbonyl (C=O) groups is 1. The van der Waals surface area contributed by atoms with Gasteiger partial charge in [-0.1, -0.05) is 18.2 Å². The van der Waals surface area contributed by atoms with Crippen molar-refractivity contribution >= 4 is 27.1 Å². The maximum atomic E-state index is 12.6. The van der Waals surface area contributed by atoms with Crippen LogP contribution in [0.4, 0.5) is 0 Å². The van der Waals surface area contributed by atoms with E-state index in [0.717, 1.165) is 18.0 Å². The Morgan fingerprint density at radius 1 is 1.23 bits per heavy atom. The second kappa shape index (κ2) is 8.41. The molecule has 0 unspecified atom stereocenters. The highest BCUT2D eigenvalue weighted by Crippen LogP contribution is 2.26. The van der Waals surface area contributed by atoms with Gasteiger partial charge in [0.2, 0.25) is 10.0 Å². The highest BCUT2D eigenvalue weighted by Gasteiger charge is 2.25. The molecule has 1 saturated heterocycles. The van der Waals surface area contributed by atoms with Crippen molar-refractivity contribution < 1.29 is 17.9 Å². The fourth-order valence-electron chi connectivity index (χ4n) is 2.92. The van der Waals surface area contributed by atoms with Gasteiger partial charge in [0.15, 0.2) is 5.78 Å². The SMILES string of the molecule is CC(=O)c1ccc(S(=O)(=O)NC[C@@H](c2cccs2)N2CCOCC2)cc1. The number of rotatable bonds is 7. The molecule has 0 bridgehead atoms. The van der Waals surface area contributed by atoms with Crippen molar-refractivity contribution in [3.63, 3.8) is 0 Å². The van der Waals surface area contributed by atoms with Crippen LogP contribution < -0.4 is 4.72 Å². The number of carbonyl (C=O) groups excluding carboxylic acids is 1. The van der Waals surface area contributed by atoms with Crippen molar-refractivity contribution in [2.45, 2.75) is 17.9 Å². The van der Waals surface area contributed by atoms with Crippen LogP contribution in [0, 0.1) is 0 Å². The Kier molecular flexibility index (Phi) is 6.20. The third-order valence-corrected chi connectivity index (χ3v) is 6.81. The summed E-state index contributed by atoms with van der Waals surface area (Å²) < 4.78 is 33.4. The molecule has 6 nitrogen and oxygen atoms in total. The van der Waals surface area contributed by atoms with Crippen molar-refractivity contribution in [1.82, 2.24) is 9.62 Å². The molecule has 1 aliphatic rings. The van der Waals surface area contributed by atoms with Gasteiger partial charge in [0.1, 0.15) is 0 Å². The number of hydrogen-bond acceptors (Lipinski definition) is 6. The first-order valence-corrected chi connectivity index (χ1v) is 10.8. The molecule has 140 valence electrons. The van der Waals surface area contributed by atoms with Crippen LogP contribution in [0.1, 0.15) is 28.2 Å². The molecule has 1 aliphatic heterocycles. The van der Waals surface area contributed by atoms with Gasteiger partial charge < -0.3 is 4.74 Å². The number of nitrogens with one attached hydrogen (secondary N) is 1. The number of hydrogen-bond donors (Lipinski definition) is 1. The molecule has 2 heterocycles. The number of thiophene rings is 1. The Morgan fingerprint density at radius 3 is 2.50 bits per heavy atom. The van der Waals surface area contributed by atoms with Gasteiger partial charge in [-0.2, -0.15) is 0 Å². The quantitative estimate of drug-likeness (QED) is 0.730. The zero-order valence-corrected chi connectivity index (χ0v) is 16.2. The molecule has 0 aliphatic carbocycles. The summed E-state index contributed by atoms with van der Waals surface area (Å²) in [7, 11) is -3.64. The third kappa shape index (κ3) is 4.57. The molecular formula is C18H22N2O4S2. The molecule has 8 heteroatoms. The summed E-state index contributed by atoms with van der Waals surface area (Å²) in [6, 6.07) is 9.99. The summed E-state index contributed by atoms with van der Waals surface area (Å²) in [5, 5.41) is 2.00. The van der Waals surface area contributed by atoms with E-state index >= 15 is 0 Å². The van der Waals surface area contributed by atoms with E-state index in [0.29, 0.717) is 18.8 Å². The fourth-order valence-corrected chi connectivity index (χ4v) is 4.82. The summed E-state index contributed by atoms with van der Waals surface area (Å²) in [5.74, 6) is -0.0908. The monoisotopic (exact) mass is 394 g/mol. The Bertz CT molecular complexity index is 827. The van der Waals surface area contributed by atoms with Crippen molar-refractivity contribution in [2.24, 2.45) is 0 Å². The van der Waals surface area contributed by atoms with Crippen LogP contribution in [-0.2, 0) is 14.8 Å². The molecule has 1 fully saturated rings. The van der Waals surface area contributed by atoms with E-state index in [2.05, 4.69) is 9.62 Å². The number of nitrogens with zero attached hydrogens (tertiary/aromatic N) is 1. The van der Waals surface area contributed by atoms with Crippen LogP contribution in [0.2, 0.25) is 0 Å². The standard InChI is InChI=1S/C18H22N2O4S2/c1-14(21)15-4-6-16(7-5-15)26(22,23)19-13-17(18-3-2-12-25-18)20-8-10-24-11-9-20/h2-7,12,17,19H,8-11,13H2,1H3/t17-/m0/s1. The van der Waals surface area contributed by atoms with Crippen LogP contribution in [0.3, 0.4) is 0 Å². The molecule has 1 aromatic heterocycles. The summed E-state index contributed by atoms with van der Waals surface area (Å²) >= 11 is 1.62. The van der Waals surface area contributed by atoms with Crippen LogP contribution in [-0.4, -0.2) is 51.9 Å². The number of sulfonamides is 1. The topological polar surface area (TPSA) is 75.7 Å². The summed E-state index contributed by atoms with van der Waals surface area (Å²) in [4.78, 5) is 14.9. The minimum atomic E-state index is -3.64. The first kappa shape index (κ1) is 19.2. The normalized spacial score (nSPS) is 17.1. The lowest BCUT2D eigenvalue weighted by Crippen LogP contribution is -2.43. The molecule has 1 aromatic carbocycles. The molecular weight excluding hydrogens is 372 g/mol. The summed E-state index contributed by atoms with van der Waals surface area (Å²) in [6.45, 7) is 4.60. The Morgan fingerprint density at radius 2 is 1.92 bits per heavy atom. The van der Waals surface area contributed by atoms with Crippen LogP contribution in [0.25, 0.3) is 0 Å². The van der Waals surface area contributed by atoms with Crippen molar-refractivity contribution in [1.29, 1.82) is 0 Å². The zero-order chi connectivity index (χ0) is 18.6. The molecule has 1 atom stereocenters. The summed E-state index contributed by atoms with van der Waals surface area (Å²) in [6.07, 6.45) is 0. The largest absolute Gasteiger partial charge is 0.379 e. The summed E-state index contributed by atoms with van der Waals surface area (Å²) in [5.41, 5.74) is 0.494. The number of benzene rings is 1. The van der Waals surface area contributed by atoms with Crippen LogP contribution in [0.5, 0.6) is 0 Å². The van der Waals surface area contributed by atoms with E-state index in [1.54, 1.807) is 11.3 Å². The highest BCUT2D eigenvalue weighted by molar-refractivity contribution is 7.89. The van der Waals surface area contributed by atoms with Gasteiger partial charge in [-0.3, -0.25) is 9.69 Å². The second-order valence-electron chi connectivity index (χ2n) is 6.11. The molecule has 0 spiro atoms. The Labute approximate surface area is 157 Å². The maximum absolute atomic E-state index is 12.6. The zero-order valence-electron chi connectivity index (χ0n) is 14.6. The van der Waals surface area contributed by atoms with E-state index in [-0.39, 0.29) is 23.3 Å². The second-order valence-corrected chi connectivity index (χ2v) is 8.86. The molecule has 26 heavy (non-hydrogen) atoms. The lowest BCUT2D eigenvalue weighted by atomic mass is 10.2. The molecule has 2 aromatic rings. The smallest absolute Gasteiger partial charge is 0.240 e. The van der Waals surface area contributed by atoms with Crippen LogP contribution >= 0.6 is 11.3 Å². The van der Waals surface area contributed by atoms with E-state index in [9.17, 15) is 13.2 Å². The van der Waals surface area contributed by atoms with Crippen molar-refractivity contribution in [3.8, 4) is 0 Å².